The van der Waals surface area contributed by atoms with Crippen LogP contribution in [0.15, 0.2) is 59.2 Å². The Morgan fingerprint density at radius 2 is 1.79 bits per heavy atom. The molecule has 0 N–H and O–H groups in total. The maximum absolute atomic E-state index is 5.86. The van der Waals surface area contributed by atoms with E-state index < -0.39 is 0 Å². The van der Waals surface area contributed by atoms with Crippen LogP contribution in [0.3, 0.4) is 0 Å². The predicted molar refractivity (Wildman–Crippen MR) is 75.7 cm³/mol. The molecule has 3 aromatic rings. The summed E-state index contributed by atoms with van der Waals surface area (Å²) in [6, 6.07) is 16.0. The zero-order valence-corrected chi connectivity index (χ0v) is 12.2. The van der Waals surface area contributed by atoms with Crippen molar-refractivity contribution in [3.05, 3.63) is 64.8 Å². The van der Waals surface area contributed by atoms with Crippen molar-refractivity contribution in [1.29, 1.82) is 0 Å². The Bertz CT molecular complexity index is 666. The van der Waals surface area contributed by atoms with Crippen LogP contribution in [-0.2, 0) is 6.61 Å². The van der Waals surface area contributed by atoms with Crippen molar-refractivity contribution in [2.45, 2.75) is 6.61 Å². The van der Waals surface area contributed by atoms with Gasteiger partial charge in [-0.2, -0.15) is 6.20 Å². The Hall–Kier alpha value is -1.14. The van der Waals surface area contributed by atoms with Gasteiger partial charge in [0, 0.05) is 9.86 Å². The molecule has 0 aliphatic heterocycles. The van der Waals surface area contributed by atoms with E-state index in [1.54, 1.807) is 6.20 Å². The van der Waals surface area contributed by atoms with Gasteiger partial charge in [0.2, 0.25) is 0 Å². The van der Waals surface area contributed by atoms with Crippen molar-refractivity contribution < 1.29 is 23.6 Å². The first-order valence-corrected chi connectivity index (χ1v) is 6.50. The van der Waals surface area contributed by atoms with Gasteiger partial charge in [-0.1, -0.05) is 52.3 Å². The molecule has 0 unspecified atom stereocenters. The number of aromatic nitrogens is 1. The molecule has 1 heterocycles. The Morgan fingerprint density at radius 1 is 1.00 bits per heavy atom. The van der Waals surface area contributed by atoms with Crippen LogP contribution in [-0.4, -0.2) is 0 Å². The zero-order valence-electron chi connectivity index (χ0n) is 10.6. The fourth-order valence-electron chi connectivity index (χ4n) is 1.90. The maximum atomic E-state index is 5.86. The molecule has 2 aromatic carbocycles. The molecule has 0 saturated carbocycles. The molecule has 0 amide bonds. The summed E-state index contributed by atoms with van der Waals surface area (Å²) in [5.41, 5.74) is 2.11. The van der Waals surface area contributed by atoms with Gasteiger partial charge in [-0.3, -0.25) is 0 Å². The molecule has 0 spiro atoms. The quantitative estimate of drug-likeness (QED) is 0.678. The largest absolute Gasteiger partial charge is 1.00 e. The molecule has 19 heavy (non-hydrogen) atoms. The molecule has 0 bridgehead atoms. The number of ether oxygens (including phenoxy) is 1. The monoisotopic (exact) mass is 307 g/mol. The van der Waals surface area contributed by atoms with Gasteiger partial charge in [0.15, 0.2) is 0 Å². The fraction of sp³-hybridized carbons (Fsp3) is 0.0667. The van der Waals surface area contributed by atoms with Gasteiger partial charge >= 0.3 is 18.9 Å². The van der Waals surface area contributed by atoms with Crippen LogP contribution in [0.5, 0.6) is 5.75 Å². The van der Waals surface area contributed by atoms with E-state index in [0.29, 0.717) is 6.61 Å². The van der Waals surface area contributed by atoms with Gasteiger partial charge in [-0.05, 0) is 17.7 Å². The molecular weight excluding hydrogens is 297 g/mol. The SMILES string of the molecule is Brc1ccc(OCc2ccccc2)c2cc[n-]c12.[Li+]. The second-order valence-corrected chi connectivity index (χ2v) is 4.88. The molecule has 0 saturated heterocycles. The minimum atomic E-state index is 0. The van der Waals surface area contributed by atoms with Crippen LogP contribution in [0.1, 0.15) is 5.56 Å². The second kappa shape index (κ2) is 6.34. The average molecular weight is 308 g/mol. The predicted octanol–water partition coefficient (Wildman–Crippen LogP) is 1.14. The Morgan fingerprint density at radius 3 is 2.58 bits per heavy atom. The summed E-state index contributed by atoms with van der Waals surface area (Å²) < 4.78 is 6.85. The van der Waals surface area contributed by atoms with Gasteiger partial charge in [0.05, 0.1) is 0 Å². The topological polar surface area (TPSA) is 23.3 Å². The number of hydrogen-bond donors (Lipinski definition) is 0. The van der Waals surface area contributed by atoms with Crippen molar-refractivity contribution >= 4 is 26.8 Å². The van der Waals surface area contributed by atoms with Crippen molar-refractivity contribution in [3.8, 4) is 5.75 Å². The van der Waals surface area contributed by atoms with E-state index in [-0.39, 0.29) is 18.9 Å². The molecule has 4 heteroatoms. The third kappa shape index (κ3) is 3.06. The molecule has 1 aromatic heterocycles. The smallest absolute Gasteiger partial charge is 0.663 e. The number of nitrogens with zero attached hydrogens (tertiary/aromatic N) is 1. The summed E-state index contributed by atoms with van der Waals surface area (Å²) in [4.78, 5) is 4.31. The first-order valence-electron chi connectivity index (χ1n) is 5.71. The van der Waals surface area contributed by atoms with Crippen LogP contribution >= 0.6 is 15.9 Å². The molecule has 0 aliphatic rings. The van der Waals surface area contributed by atoms with E-state index in [4.69, 9.17) is 4.74 Å². The van der Waals surface area contributed by atoms with E-state index in [9.17, 15) is 0 Å². The average Bonchev–Trinajstić information content (AvgIpc) is 2.90. The van der Waals surface area contributed by atoms with Gasteiger partial charge in [0.25, 0.3) is 0 Å². The minimum absolute atomic E-state index is 0. The number of hydrogen-bond acceptors (Lipinski definition) is 1. The summed E-state index contributed by atoms with van der Waals surface area (Å²) in [7, 11) is 0. The summed E-state index contributed by atoms with van der Waals surface area (Å²) in [5, 5.41) is 1.04. The standard InChI is InChI=1S/C15H11BrNO.Li/c16-13-6-7-14(12-8-9-17-15(12)13)18-10-11-4-2-1-3-5-11;/h1-9H,10H2;/q-1;+1. The third-order valence-electron chi connectivity index (χ3n) is 2.81. The minimum Gasteiger partial charge on any atom is -0.663 e. The van der Waals surface area contributed by atoms with Gasteiger partial charge in [0.1, 0.15) is 12.4 Å². The van der Waals surface area contributed by atoms with E-state index in [1.807, 2.05) is 36.4 Å². The Balaban J connectivity index is 0.00000133. The molecule has 90 valence electrons. The van der Waals surface area contributed by atoms with E-state index in [1.165, 1.54) is 0 Å². The molecule has 0 radical (unpaired) electrons. The summed E-state index contributed by atoms with van der Waals surface area (Å²) in [5.74, 6) is 0.870. The van der Waals surface area contributed by atoms with Crippen LogP contribution in [0.2, 0.25) is 0 Å². The molecular formula is C15H11BrLiNO. The van der Waals surface area contributed by atoms with Gasteiger partial charge < -0.3 is 9.72 Å². The van der Waals surface area contributed by atoms with E-state index in [2.05, 4.69) is 33.0 Å². The number of rotatable bonds is 3. The second-order valence-electron chi connectivity index (χ2n) is 4.03. The van der Waals surface area contributed by atoms with Crippen molar-refractivity contribution in [2.24, 2.45) is 0 Å². The summed E-state index contributed by atoms with van der Waals surface area (Å²) in [6.45, 7) is 0.572. The first-order chi connectivity index (χ1) is 8.84. The van der Waals surface area contributed by atoms with Crippen LogP contribution in [0.4, 0.5) is 0 Å². The molecule has 2 nitrogen and oxygen atoms in total. The Kier molecular flexibility index (Phi) is 4.76. The first kappa shape index (κ1) is 14.3. The maximum Gasteiger partial charge on any atom is 1.00 e. The number of fused-ring (bicyclic) bond motifs is 1. The summed E-state index contributed by atoms with van der Waals surface area (Å²) in [6.07, 6.45) is 1.80. The van der Waals surface area contributed by atoms with Crippen LogP contribution in [0.25, 0.3) is 10.9 Å². The van der Waals surface area contributed by atoms with E-state index in [0.717, 1.165) is 26.7 Å². The number of benzene rings is 2. The van der Waals surface area contributed by atoms with Crippen LogP contribution < -0.4 is 28.6 Å². The molecule has 3 rings (SSSR count). The van der Waals surface area contributed by atoms with Crippen molar-refractivity contribution in [1.82, 2.24) is 4.98 Å². The van der Waals surface area contributed by atoms with Crippen molar-refractivity contribution in [3.63, 3.8) is 0 Å². The van der Waals surface area contributed by atoms with Crippen LogP contribution in [0, 0.1) is 0 Å². The third-order valence-corrected chi connectivity index (χ3v) is 3.45. The van der Waals surface area contributed by atoms with E-state index >= 15 is 0 Å². The van der Waals surface area contributed by atoms with Crippen molar-refractivity contribution in [2.75, 3.05) is 0 Å². The summed E-state index contributed by atoms with van der Waals surface area (Å²) >= 11 is 3.49. The normalized spacial score (nSPS) is 10.2. The zero-order chi connectivity index (χ0) is 12.4. The molecule has 0 aliphatic carbocycles. The number of halogens is 1. The van der Waals surface area contributed by atoms with Gasteiger partial charge in [-0.15, -0.1) is 5.52 Å². The molecule has 0 fully saturated rings. The van der Waals surface area contributed by atoms with Gasteiger partial charge in [-0.25, -0.2) is 0 Å². The molecule has 0 atom stereocenters. The Labute approximate surface area is 132 Å². The fourth-order valence-corrected chi connectivity index (χ4v) is 2.35.